The molecule has 3 aromatic rings. The quantitative estimate of drug-likeness (QED) is 0.686. The van der Waals surface area contributed by atoms with E-state index in [1.807, 2.05) is 0 Å². The van der Waals surface area contributed by atoms with Gasteiger partial charge in [-0.3, -0.25) is 0 Å². The predicted octanol–water partition coefficient (Wildman–Crippen LogP) is 2.88. The van der Waals surface area contributed by atoms with E-state index in [1.54, 1.807) is 6.07 Å². The Morgan fingerprint density at radius 1 is 1.35 bits per heavy atom. The maximum Gasteiger partial charge on any atom is 0.433 e. The summed E-state index contributed by atoms with van der Waals surface area (Å²) in [4.78, 5) is 4.01. The van der Waals surface area contributed by atoms with Crippen molar-refractivity contribution in [3.8, 4) is 17.5 Å². The van der Waals surface area contributed by atoms with Crippen molar-refractivity contribution in [3.63, 3.8) is 0 Å². The van der Waals surface area contributed by atoms with Gasteiger partial charge in [0, 0.05) is 0 Å². The fourth-order valence-corrected chi connectivity index (χ4v) is 1.79. The van der Waals surface area contributed by atoms with Gasteiger partial charge in [0.05, 0.1) is 12.5 Å². The van der Waals surface area contributed by atoms with Gasteiger partial charge >= 0.3 is 6.18 Å². The summed E-state index contributed by atoms with van der Waals surface area (Å²) in [6.45, 7) is 0. The first-order valence-electron chi connectivity index (χ1n) is 5.40. The average Bonchev–Trinajstić information content (AvgIpc) is 3.05. The predicted molar refractivity (Wildman–Crippen MR) is 60.4 cm³/mol. The second-order valence-electron chi connectivity index (χ2n) is 3.91. The molecule has 3 heterocycles. The van der Waals surface area contributed by atoms with Gasteiger partial charge in [0.2, 0.25) is 0 Å². The summed E-state index contributed by atoms with van der Waals surface area (Å²) in [5, 5.41) is 12.5. The van der Waals surface area contributed by atoms with Crippen LogP contribution < -0.4 is 0 Å². The fraction of sp³-hybridized carbons (Fsp3) is 0.0833. The Morgan fingerprint density at radius 2 is 2.15 bits per heavy atom. The van der Waals surface area contributed by atoms with Gasteiger partial charge in [-0.1, -0.05) is 0 Å². The highest BCUT2D eigenvalue weighted by atomic mass is 19.4. The van der Waals surface area contributed by atoms with Crippen LogP contribution in [0.15, 0.2) is 35.1 Å². The molecular weight excluding hydrogens is 273 g/mol. The number of alkyl halides is 3. The number of halogens is 3. The second-order valence-corrected chi connectivity index (χ2v) is 3.91. The van der Waals surface area contributed by atoms with Gasteiger partial charge in [0.15, 0.2) is 17.1 Å². The maximum atomic E-state index is 13.1. The molecule has 100 valence electrons. The summed E-state index contributed by atoms with van der Waals surface area (Å²) in [5.41, 5.74) is -1.22. The van der Waals surface area contributed by atoms with Crippen molar-refractivity contribution in [3.05, 3.63) is 41.9 Å². The zero-order chi connectivity index (χ0) is 14.3. The van der Waals surface area contributed by atoms with Crippen LogP contribution in [0, 0.1) is 11.3 Å². The molecule has 0 amide bonds. The number of aromatic nitrogens is 3. The molecule has 0 fully saturated rings. The molecule has 5 nitrogen and oxygen atoms in total. The third kappa shape index (κ3) is 1.80. The zero-order valence-corrected chi connectivity index (χ0v) is 9.72. The van der Waals surface area contributed by atoms with Crippen molar-refractivity contribution in [1.82, 2.24) is 14.6 Å². The molecule has 8 heteroatoms. The van der Waals surface area contributed by atoms with Gasteiger partial charge < -0.3 is 4.42 Å². The zero-order valence-electron chi connectivity index (χ0n) is 9.72. The van der Waals surface area contributed by atoms with Crippen LogP contribution in [0.1, 0.15) is 11.3 Å². The number of rotatable bonds is 1. The van der Waals surface area contributed by atoms with Crippen molar-refractivity contribution in [2.45, 2.75) is 6.18 Å². The summed E-state index contributed by atoms with van der Waals surface area (Å²) in [6.07, 6.45) is -2.25. The van der Waals surface area contributed by atoms with Crippen molar-refractivity contribution >= 4 is 5.65 Å². The molecule has 0 saturated heterocycles. The number of furan rings is 1. The van der Waals surface area contributed by atoms with Crippen molar-refractivity contribution in [2.75, 3.05) is 0 Å². The third-order valence-corrected chi connectivity index (χ3v) is 2.66. The van der Waals surface area contributed by atoms with Crippen LogP contribution in [0.25, 0.3) is 17.1 Å². The second kappa shape index (κ2) is 4.09. The number of nitrogens with zero attached hydrogens (tertiary/aromatic N) is 4. The van der Waals surface area contributed by atoms with E-state index in [-0.39, 0.29) is 22.7 Å². The number of nitriles is 1. The topological polar surface area (TPSA) is 67.1 Å². The first-order chi connectivity index (χ1) is 9.50. The molecule has 3 aromatic heterocycles. The molecule has 0 radical (unpaired) electrons. The minimum Gasteiger partial charge on any atom is -0.463 e. The molecule has 0 saturated carbocycles. The van der Waals surface area contributed by atoms with Crippen LogP contribution in [0.2, 0.25) is 0 Å². The van der Waals surface area contributed by atoms with E-state index in [1.165, 1.54) is 18.4 Å². The first-order valence-corrected chi connectivity index (χ1v) is 5.40. The van der Waals surface area contributed by atoms with Gasteiger partial charge in [0.1, 0.15) is 17.3 Å². The van der Waals surface area contributed by atoms with Crippen LogP contribution >= 0.6 is 0 Å². The van der Waals surface area contributed by atoms with E-state index in [2.05, 4.69) is 10.1 Å². The molecule has 0 aromatic carbocycles. The minimum absolute atomic E-state index is 0.00757. The van der Waals surface area contributed by atoms with Crippen LogP contribution in [0.3, 0.4) is 0 Å². The Hall–Kier alpha value is -2.82. The molecule has 0 unspecified atom stereocenters. The SMILES string of the molecule is N#Cc1cnn2c(C(F)(F)F)cc(-c3ccco3)nc12. The number of hydrogen-bond donors (Lipinski definition) is 0. The van der Waals surface area contributed by atoms with Gasteiger partial charge in [-0.25, -0.2) is 9.50 Å². The largest absolute Gasteiger partial charge is 0.463 e. The minimum atomic E-state index is -4.62. The van der Waals surface area contributed by atoms with Crippen LogP contribution in [-0.4, -0.2) is 14.6 Å². The molecule has 0 spiro atoms. The van der Waals surface area contributed by atoms with Gasteiger partial charge in [0.25, 0.3) is 0 Å². The molecule has 0 aliphatic heterocycles. The molecule has 3 rings (SSSR count). The molecule has 0 N–H and O–H groups in total. The van der Waals surface area contributed by atoms with Gasteiger partial charge in [-0.2, -0.15) is 23.5 Å². The lowest BCUT2D eigenvalue weighted by atomic mass is 10.2. The van der Waals surface area contributed by atoms with Crippen molar-refractivity contribution < 1.29 is 17.6 Å². The maximum absolute atomic E-state index is 13.1. The highest BCUT2D eigenvalue weighted by Gasteiger charge is 2.35. The molecule has 0 atom stereocenters. The van der Waals surface area contributed by atoms with E-state index in [0.717, 1.165) is 12.3 Å². The summed E-state index contributed by atoms with van der Waals surface area (Å²) in [7, 11) is 0. The molecule has 0 aliphatic rings. The Kier molecular flexibility index (Phi) is 2.50. The first kappa shape index (κ1) is 12.2. The smallest absolute Gasteiger partial charge is 0.433 e. The van der Waals surface area contributed by atoms with Gasteiger partial charge in [-0.15, -0.1) is 0 Å². The van der Waals surface area contributed by atoms with E-state index < -0.39 is 11.9 Å². The van der Waals surface area contributed by atoms with E-state index in [4.69, 9.17) is 9.68 Å². The Labute approximate surface area is 109 Å². The summed E-state index contributed by atoms with van der Waals surface area (Å²) < 4.78 is 44.8. The Morgan fingerprint density at radius 3 is 2.75 bits per heavy atom. The van der Waals surface area contributed by atoms with Gasteiger partial charge in [-0.05, 0) is 18.2 Å². The standard InChI is InChI=1S/C12H5F3N4O/c13-12(14,15)10-4-8(9-2-1-3-20-9)18-11-7(5-16)6-17-19(10)11/h1-4,6H. The third-order valence-electron chi connectivity index (χ3n) is 2.66. The van der Waals surface area contributed by atoms with Crippen LogP contribution in [0.5, 0.6) is 0 Å². The summed E-state index contributed by atoms with van der Waals surface area (Å²) in [6, 6.07) is 5.62. The van der Waals surface area contributed by atoms with E-state index >= 15 is 0 Å². The Balaban J connectivity index is 2.37. The van der Waals surface area contributed by atoms with Crippen molar-refractivity contribution in [1.29, 1.82) is 5.26 Å². The molecule has 0 bridgehead atoms. The Bertz CT molecular complexity index is 812. The highest BCUT2D eigenvalue weighted by molar-refractivity contribution is 5.62. The van der Waals surface area contributed by atoms with Crippen molar-refractivity contribution in [2.24, 2.45) is 0 Å². The lowest BCUT2D eigenvalue weighted by Gasteiger charge is -2.09. The molecule has 20 heavy (non-hydrogen) atoms. The van der Waals surface area contributed by atoms with E-state index in [0.29, 0.717) is 4.52 Å². The normalized spacial score (nSPS) is 11.7. The summed E-state index contributed by atoms with van der Waals surface area (Å²) in [5.74, 6) is 0.183. The highest BCUT2D eigenvalue weighted by Crippen LogP contribution is 2.32. The monoisotopic (exact) mass is 278 g/mol. The lowest BCUT2D eigenvalue weighted by molar-refractivity contribution is -0.142. The van der Waals surface area contributed by atoms with E-state index in [9.17, 15) is 13.2 Å². The fourth-order valence-electron chi connectivity index (χ4n) is 1.79. The summed E-state index contributed by atoms with van der Waals surface area (Å²) >= 11 is 0. The number of fused-ring (bicyclic) bond motifs is 1. The van der Waals surface area contributed by atoms with Crippen LogP contribution in [-0.2, 0) is 6.18 Å². The average molecular weight is 278 g/mol. The number of hydrogen-bond acceptors (Lipinski definition) is 4. The van der Waals surface area contributed by atoms with Crippen LogP contribution in [0.4, 0.5) is 13.2 Å². The lowest BCUT2D eigenvalue weighted by Crippen LogP contribution is -2.13. The molecule has 0 aliphatic carbocycles. The molecular formula is C12H5F3N4O.